The summed E-state index contributed by atoms with van der Waals surface area (Å²) < 4.78 is 1.78. The van der Waals surface area contributed by atoms with Crippen LogP contribution in [0, 0.1) is 0 Å². The van der Waals surface area contributed by atoms with E-state index in [4.69, 9.17) is 0 Å². The molecule has 1 atom stereocenters. The number of nitrogens with one attached hydrogen (secondary N) is 2. The van der Waals surface area contributed by atoms with E-state index in [2.05, 4.69) is 15.3 Å². The van der Waals surface area contributed by atoms with E-state index in [1.165, 1.54) is 12.8 Å². The molecule has 1 aliphatic heterocycles. The predicted molar refractivity (Wildman–Crippen MR) is 66.0 cm³/mol. The van der Waals surface area contributed by atoms with E-state index < -0.39 is 0 Å². The summed E-state index contributed by atoms with van der Waals surface area (Å²) >= 11 is 0. The Labute approximate surface area is 98.9 Å². The largest absolute Gasteiger partial charge is 0.327 e. The lowest BCUT2D eigenvalue weighted by Gasteiger charge is -2.23. The second-order valence-corrected chi connectivity index (χ2v) is 4.56. The highest BCUT2D eigenvalue weighted by atomic mass is 16.1. The van der Waals surface area contributed by atoms with Gasteiger partial charge in [-0.05, 0) is 31.5 Å². The van der Waals surface area contributed by atoms with E-state index >= 15 is 0 Å². The molecule has 0 amide bonds. The number of hydrogen-bond acceptors (Lipinski definition) is 3. The monoisotopic (exact) mass is 232 g/mol. The first-order chi connectivity index (χ1) is 8.34. The first-order valence-electron chi connectivity index (χ1n) is 6.11. The number of aromatic nitrogens is 3. The van der Waals surface area contributed by atoms with Crippen molar-refractivity contribution in [2.24, 2.45) is 0 Å². The highest BCUT2D eigenvalue weighted by Crippen LogP contribution is 2.11. The molecule has 0 aliphatic carbocycles. The molecule has 17 heavy (non-hydrogen) atoms. The number of H-pyrrole nitrogens is 1. The summed E-state index contributed by atoms with van der Waals surface area (Å²) in [5, 5.41) is 3.46. The average molecular weight is 232 g/mol. The Morgan fingerprint density at radius 3 is 3.24 bits per heavy atom. The Morgan fingerprint density at radius 1 is 1.47 bits per heavy atom. The van der Waals surface area contributed by atoms with Gasteiger partial charge in [0.1, 0.15) is 0 Å². The Bertz CT molecular complexity index is 565. The van der Waals surface area contributed by atoms with Crippen LogP contribution in [0.1, 0.15) is 19.3 Å². The van der Waals surface area contributed by atoms with Gasteiger partial charge in [-0.1, -0.05) is 6.42 Å². The maximum atomic E-state index is 11.9. The van der Waals surface area contributed by atoms with Gasteiger partial charge in [0, 0.05) is 18.8 Å². The van der Waals surface area contributed by atoms with Crippen LogP contribution in [0.15, 0.2) is 23.1 Å². The Balaban J connectivity index is 1.93. The number of nitrogens with zero attached hydrogens (tertiary/aromatic N) is 2. The van der Waals surface area contributed by atoms with Gasteiger partial charge in [-0.25, -0.2) is 9.78 Å². The van der Waals surface area contributed by atoms with Crippen molar-refractivity contribution in [2.45, 2.75) is 31.8 Å². The fourth-order valence-corrected chi connectivity index (χ4v) is 2.47. The van der Waals surface area contributed by atoms with Gasteiger partial charge in [-0.15, -0.1) is 0 Å². The lowest BCUT2D eigenvalue weighted by atomic mass is 10.1. The molecule has 2 aromatic heterocycles. The molecule has 1 unspecified atom stereocenters. The van der Waals surface area contributed by atoms with Crippen molar-refractivity contribution in [3.63, 3.8) is 0 Å². The second kappa shape index (κ2) is 4.33. The van der Waals surface area contributed by atoms with Crippen molar-refractivity contribution in [1.29, 1.82) is 0 Å². The van der Waals surface area contributed by atoms with E-state index in [9.17, 15) is 4.79 Å². The molecular formula is C12H16N4O. The maximum Gasteiger partial charge on any atom is 0.327 e. The van der Waals surface area contributed by atoms with Crippen molar-refractivity contribution in [3.05, 3.63) is 28.8 Å². The van der Waals surface area contributed by atoms with Crippen LogP contribution in [0.4, 0.5) is 0 Å². The van der Waals surface area contributed by atoms with Crippen LogP contribution in [0.3, 0.4) is 0 Å². The Kier molecular flexibility index (Phi) is 2.68. The molecule has 1 fully saturated rings. The smallest absolute Gasteiger partial charge is 0.312 e. The summed E-state index contributed by atoms with van der Waals surface area (Å²) in [6, 6.07) is 4.20. The summed E-state index contributed by atoms with van der Waals surface area (Å²) in [7, 11) is 0. The number of aromatic amines is 1. The zero-order valence-corrected chi connectivity index (χ0v) is 9.65. The minimum Gasteiger partial charge on any atom is -0.312 e. The summed E-state index contributed by atoms with van der Waals surface area (Å²) in [5.41, 5.74) is 1.50. The fourth-order valence-electron chi connectivity index (χ4n) is 2.47. The second-order valence-electron chi connectivity index (χ2n) is 4.56. The highest BCUT2D eigenvalue weighted by molar-refractivity contribution is 5.70. The molecule has 5 heteroatoms. The first-order valence-corrected chi connectivity index (χ1v) is 6.11. The molecule has 0 aromatic carbocycles. The van der Waals surface area contributed by atoms with Gasteiger partial charge in [0.2, 0.25) is 0 Å². The molecule has 2 aromatic rings. The zero-order chi connectivity index (χ0) is 11.7. The third-order valence-corrected chi connectivity index (χ3v) is 3.36. The van der Waals surface area contributed by atoms with Gasteiger partial charge in [-0.2, -0.15) is 0 Å². The van der Waals surface area contributed by atoms with E-state index in [0.29, 0.717) is 11.7 Å². The molecule has 1 saturated heterocycles. The summed E-state index contributed by atoms with van der Waals surface area (Å²) in [5.74, 6) is 0. The van der Waals surface area contributed by atoms with Crippen molar-refractivity contribution in [3.8, 4) is 0 Å². The lowest BCUT2D eigenvalue weighted by Crippen LogP contribution is -2.39. The number of rotatable bonds is 2. The third kappa shape index (κ3) is 1.98. The Hall–Kier alpha value is -1.62. The lowest BCUT2D eigenvalue weighted by molar-refractivity contribution is 0.363. The number of hydrogen-bond donors (Lipinski definition) is 2. The van der Waals surface area contributed by atoms with Gasteiger partial charge >= 0.3 is 5.69 Å². The molecule has 0 spiro atoms. The van der Waals surface area contributed by atoms with Crippen molar-refractivity contribution in [2.75, 3.05) is 6.54 Å². The number of fused-ring (bicyclic) bond motifs is 1. The van der Waals surface area contributed by atoms with Gasteiger partial charge in [0.25, 0.3) is 0 Å². The van der Waals surface area contributed by atoms with E-state index in [0.717, 1.165) is 25.0 Å². The van der Waals surface area contributed by atoms with Crippen LogP contribution in [0.5, 0.6) is 0 Å². The fraction of sp³-hybridized carbons (Fsp3) is 0.500. The number of pyridine rings is 1. The Morgan fingerprint density at radius 2 is 2.41 bits per heavy atom. The summed E-state index contributed by atoms with van der Waals surface area (Å²) in [4.78, 5) is 18.8. The van der Waals surface area contributed by atoms with E-state index in [-0.39, 0.29) is 5.69 Å². The molecular weight excluding hydrogens is 216 g/mol. The van der Waals surface area contributed by atoms with Gasteiger partial charge in [0.15, 0.2) is 5.65 Å². The van der Waals surface area contributed by atoms with Gasteiger partial charge < -0.3 is 5.32 Å². The molecule has 2 N–H and O–H groups in total. The van der Waals surface area contributed by atoms with Gasteiger partial charge in [-0.3, -0.25) is 9.55 Å². The predicted octanol–water partition coefficient (Wildman–Crippen LogP) is 0.867. The topological polar surface area (TPSA) is 62.7 Å². The average Bonchev–Trinajstić information content (AvgIpc) is 2.68. The minimum absolute atomic E-state index is 0.0638. The van der Waals surface area contributed by atoms with Crippen LogP contribution in [-0.2, 0) is 6.54 Å². The molecule has 3 heterocycles. The van der Waals surface area contributed by atoms with Crippen LogP contribution in [-0.4, -0.2) is 27.1 Å². The van der Waals surface area contributed by atoms with Crippen molar-refractivity contribution >= 4 is 11.2 Å². The summed E-state index contributed by atoms with van der Waals surface area (Å²) in [6.45, 7) is 1.78. The summed E-state index contributed by atoms with van der Waals surface area (Å²) in [6.07, 6.45) is 5.31. The third-order valence-electron chi connectivity index (χ3n) is 3.36. The molecule has 5 nitrogen and oxygen atoms in total. The van der Waals surface area contributed by atoms with Crippen molar-refractivity contribution in [1.82, 2.24) is 19.9 Å². The van der Waals surface area contributed by atoms with Crippen LogP contribution < -0.4 is 11.0 Å². The van der Waals surface area contributed by atoms with E-state index in [1.54, 1.807) is 10.8 Å². The highest BCUT2D eigenvalue weighted by Gasteiger charge is 2.16. The zero-order valence-electron chi connectivity index (χ0n) is 9.65. The molecule has 0 saturated carbocycles. The molecule has 3 rings (SSSR count). The molecule has 1 aliphatic rings. The van der Waals surface area contributed by atoms with Crippen LogP contribution in [0.2, 0.25) is 0 Å². The minimum atomic E-state index is -0.0638. The van der Waals surface area contributed by atoms with Gasteiger partial charge in [0.05, 0.1) is 5.52 Å². The van der Waals surface area contributed by atoms with Crippen LogP contribution in [0.25, 0.3) is 11.2 Å². The normalized spacial score (nSPS) is 20.8. The van der Waals surface area contributed by atoms with Crippen molar-refractivity contribution < 1.29 is 0 Å². The standard InChI is InChI=1S/C12H16N4O/c17-12-15-11-10(5-3-7-14-11)16(12)8-9-4-1-2-6-13-9/h3,5,7,9,13H,1-2,4,6,8H2,(H,14,15,17). The number of imidazole rings is 1. The molecule has 90 valence electrons. The van der Waals surface area contributed by atoms with E-state index in [1.807, 2.05) is 12.1 Å². The quantitative estimate of drug-likeness (QED) is 0.807. The molecule has 0 bridgehead atoms. The van der Waals surface area contributed by atoms with Crippen LogP contribution >= 0.6 is 0 Å². The number of piperidine rings is 1. The molecule has 0 radical (unpaired) electrons. The maximum absolute atomic E-state index is 11.9. The SMILES string of the molecule is O=c1[nH]c2ncccc2n1CC1CCCCN1. The first kappa shape index (κ1) is 10.5.